The van der Waals surface area contributed by atoms with E-state index in [1.165, 1.54) is 0 Å². The summed E-state index contributed by atoms with van der Waals surface area (Å²) in [5.74, 6) is 2.50. The third kappa shape index (κ3) is 12.3. The highest BCUT2D eigenvalue weighted by molar-refractivity contribution is 5.62. The molecule has 44 heavy (non-hydrogen) atoms. The highest BCUT2D eigenvalue weighted by atomic mass is 16.6. The maximum Gasteiger partial charge on any atom is 0.165 e. The monoisotopic (exact) mass is 618 g/mol. The predicted octanol–water partition coefficient (Wildman–Crippen LogP) is 4.31. The van der Waals surface area contributed by atoms with E-state index in [-0.39, 0.29) is 6.61 Å². The largest absolute Gasteiger partial charge is 0.487 e. The normalized spacial score (nSPS) is 18.6. The van der Waals surface area contributed by atoms with Gasteiger partial charge in [0.1, 0.15) is 38.7 Å². The summed E-state index contributed by atoms with van der Waals surface area (Å²) in [6, 6.07) is 8.79. The van der Waals surface area contributed by atoms with Crippen molar-refractivity contribution in [1.82, 2.24) is 0 Å². The molecule has 0 saturated carbocycles. The molecule has 13 nitrogen and oxygen atoms in total. The van der Waals surface area contributed by atoms with E-state index < -0.39 is 0 Å². The van der Waals surface area contributed by atoms with Gasteiger partial charge in [0, 0.05) is 18.2 Å². The molecular weight excluding hydrogens is 576 g/mol. The van der Waals surface area contributed by atoms with Gasteiger partial charge < -0.3 is 52.1 Å². The zero-order valence-electron chi connectivity index (χ0n) is 25.1. The minimum atomic E-state index is 0.265. The number of benzene rings is 2. The zero-order chi connectivity index (χ0) is 30.5. The van der Waals surface area contributed by atoms with Crippen molar-refractivity contribution in [3.8, 4) is 28.7 Å². The van der Waals surface area contributed by atoms with E-state index in [9.17, 15) is 0 Å². The summed E-state index contributed by atoms with van der Waals surface area (Å²) >= 11 is 0. The van der Waals surface area contributed by atoms with Crippen molar-refractivity contribution in [3.05, 3.63) is 43.0 Å². The van der Waals surface area contributed by atoms with Crippen molar-refractivity contribution in [1.29, 1.82) is 0 Å². The first-order valence-electron chi connectivity index (χ1n) is 14.8. The van der Waals surface area contributed by atoms with Crippen molar-refractivity contribution in [2.75, 3.05) is 112 Å². The Bertz CT molecular complexity index is 1150. The van der Waals surface area contributed by atoms with Crippen molar-refractivity contribution in [2.45, 2.75) is 0 Å². The second kappa shape index (κ2) is 20.5. The zero-order valence-corrected chi connectivity index (χ0v) is 25.1. The van der Waals surface area contributed by atoms with Crippen LogP contribution in [0.15, 0.2) is 53.2 Å². The Hall–Kier alpha value is -3.46. The second-order valence-corrected chi connectivity index (χ2v) is 9.27. The molecule has 0 aliphatic carbocycles. The van der Waals surface area contributed by atoms with Crippen molar-refractivity contribution in [2.24, 2.45) is 10.2 Å². The van der Waals surface area contributed by atoms with Crippen LogP contribution in [0.25, 0.3) is 0 Å². The summed E-state index contributed by atoms with van der Waals surface area (Å²) in [5, 5.41) is 8.96. The summed E-state index contributed by atoms with van der Waals surface area (Å²) in [6.45, 7) is 10.8. The Balaban J connectivity index is 1.53. The molecule has 0 N–H and O–H groups in total. The molecule has 0 saturated heterocycles. The first-order valence-corrected chi connectivity index (χ1v) is 14.8. The predicted molar refractivity (Wildman–Crippen MR) is 160 cm³/mol. The van der Waals surface area contributed by atoms with Gasteiger partial charge in [-0.2, -0.15) is 5.11 Å². The minimum absolute atomic E-state index is 0.265. The number of hydrogen-bond acceptors (Lipinski definition) is 13. The lowest BCUT2D eigenvalue weighted by Gasteiger charge is -2.16. The van der Waals surface area contributed by atoms with Gasteiger partial charge in [-0.3, -0.25) is 0 Å². The standard InChI is InChI=1S/C31H42N2O11/c1-2-5-40-28-24-31-30(43-20-16-38-12-8-35-9-13-39-17-21-44-31)23-26(28)33-32-25-3-4-27-29(22-25)42-19-15-37-11-7-34-6-10-36-14-18-41-27/h2-4,22-24H,1,5-21H2. The number of hydrogen-bond donors (Lipinski definition) is 0. The van der Waals surface area contributed by atoms with E-state index in [0.717, 1.165) is 0 Å². The van der Waals surface area contributed by atoms with Gasteiger partial charge in [0.05, 0.1) is 85.0 Å². The van der Waals surface area contributed by atoms with Gasteiger partial charge in [0.2, 0.25) is 0 Å². The molecule has 2 aliphatic heterocycles. The van der Waals surface area contributed by atoms with Crippen LogP contribution in [0.3, 0.4) is 0 Å². The fourth-order valence-corrected chi connectivity index (χ4v) is 3.93. The van der Waals surface area contributed by atoms with Crippen LogP contribution in [0.4, 0.5) is 11.4 Å². The van der Waals surface area contributed by atoms with E-state index in [1.54, 1.807) is 36.4 Å². The molecule has 0 fully saturated rings. The molecule has 242 valence electrons. The maximum atomic E-state index is 6.01. The third-order valence-electron chi connectivity index (χ3n) is 6.01. The van der Waals surface area contributed by atoms with E-state index in [0.29, 0.717) is 146 Å². The fourth-order valence-electron chi connectivity index (χ4n) is 3.93. The first kappa shape index (κ1) is 33.4. The smallest absolute Gasteiger partial charge is 0.165 e. The van der Waals surface area contributed by atoms with Crippen LogP contribution in [-0.2, 0) is 28.4 Å². The van der Waals surface area contributed by atoms with Crippen LogP contribution in [0.1, 0.15) is 0 Å². The van der Waals surface area contributed by atoms with Crippen molar-refractivity contribution < 1.29 is 52.1 Å². The van der Waals surface area contributed by atoms with Crippen LogP contribution in [0.5, 0.6) is 28.7 Å². The molecule has 0 amide bonds. The van der Waals surface area contributed by atoms with Gasteiger partial charge in [-0.25, -0.2) is 0 Å². The van der Waals surface area contributed by atoms with E-state index >= 15 is 0 Å². The number of azo groups is 1. The molecule has 4 rings (SSSR count). The van der Waals surface area contributed by atoms with Crippen LogP contribution >= 0.6 is 0 Å². The molecule has 0 aromatic heterocycles. The molecule has 2 aromatic carbocycles. The number of nitrogens with zero attached hydrogens (tertiary/aromatic N) is 2. The van der Waals surface area contributed by atoms with Gasteiger partial charge >= 0.3 is 0 Å². The highest BCUT2D eigenvalue weighted by Gasteiger charge is 2.15. The Kier molecular flexibility index (Phi) is 15.6. The lowest BCUT2D eigenvalue weighted by atomic mass is 10.2. The highest BCUT2D eigenvalue weighted by Crippen LogP contribution is 2.41. The molecule has 0 unspecified atom stereocenters. The van der Waals surface area contributed by atoms with Gasteiger partial charge in [0.15, 0.2) is 28.7 Å². The SMILES string of the molecule is C=CCOc1cc2c(cc1N=Nc1ccc3c(c1)OCCOCCOCCOCCO3)OCCOCCOCCOCCO2. The summed E-state index contributed by atoms with van der Waals surface area (Å²) < 4.78 is 63.0. The Morgan fingerprint density at radius 2 is 0.955 bits per heavy atom. The lowest BCUT2D eigenvalue weighted by Crippen LogP contribution is -2.13. The molecule has 0 radical (unpaired) electrons. The van der Waals surface area contributed by atoms with E-state index in [4.69, 9.17) is 52.1 Å². The number of rotatable bonds is 5. The van der Waals surface area contributed by atoms with Crippen LogP contribution in [0, 0.1) is 0 Å². The van der Waals surface area contributed by atoms with Gasteiger partial charge in [0.25, 0.3) is 0 Å². The Labute approximate surface area is 257 Å². The van der Waals surface area contributed by atoms with Gasteiger partial charge in [-0.05, 0) is 12.1 Å². The lowest BCUT2D eigenvalue weighted by molar-refractivity contribution is 0.00708. The van der Waals surface area contributed by atoms with Gasteiger partial charge in [-0.1, -0.05) is 12.7 Å². The Morgan fingerprint density at radius 1 is 0.523 bits per heavy atom. The van der Waals surface area contributed by atoms with E-state index in [2.05, 4.69) is 16.8 Å². The average Bonchev–Trinajstić information content (AvgIpc) is 3.05. The average molecular weight is 619 g/mol. The molecule has 0 bridgehead atoms. The third-order valence-corrected chi connectivity index (χ3v) is 6.01. The summed E-state index contributed by atoms with van der Waals surface area (Å²) in [5.41, 5.74) is 0.991. The molecule has 2 heterocycles. The molecule has 0 atom stereocenters. The minimum Gasteiger partial charge on any atom is -0.487 e. The van der Waals surface area contributed by atoms with Crippen LogP contribution < -0.4 is 23.7 Å². The quantitative estimate of drug-likeness (QED) is 0.352. The number of ether oxygens (including phenoxy) is 11. The molecule has 0 spiro atoms. The second-order valence-electron chi connectivity index (χ2n) is 9.27. The fraction of sp³-hybridized carbons (Fsp3) is 0.548. The topological polar surface area (TPSA) is 126 Å². The molecule has 13 heteroatoms. The van der Waals surface area contributed by atoms with Gasteiger partial charge in [-0.15, -0.1) is 5.11 Å². The van der Waals surface area contributed by atoms with Crippen molar-refractivity contribution >= 4 is 11.4 Å². The summed E-state index contributed by atoms with van der Waals surface area (Å²) in [4.78, 5) is 0. The van der Waals surface area contributed by atoms with Crippen LogP contribution in [-0.4, -0.2) is 112 Å². The van der Waals surface area contributed by atoms with Crippen molar-refractivity contribution in [3.63, 3.8) is 0 Å². The van der Waals surface area contributed by atoms with Crippen LogP contribution in [0.2, 0.25) is 0 Å². The molecule has 2 aliphatic rings. The molecular formula is C31H42N2O11. The summed E-state index contributed by atoms with van der Waals surface area (Å²) in [6.07, 6.45) is 1.65. The first-order chi connectivity index (χ1) is 21.8. The molecule has 2 aromatic rings. The summed E-state index contributed by atoms with van der Waals surface area (Å²) in [7, 11) is 0. The maximum absolute atomic E-state index is 6.01. The number of fused-ring (bicyclic) bond motifs is 2. The Morgan fingerprint density at radius 3 is 1.45 bits per heavy atom. The van der Waals surface area contributed by atoms with E-state index in [1.807, 2.05) is 0 Å².